The number of methoxy groups -OCH3 is 1. The molecule has 18 heavy (non-hydrogen) atoms. The van der Waals surface area contributed by atoms with Crippen molar-refractivity contribution in [2.45, 2.75) is 37.4 Å². The predicted molar refractivity (Wildman–Crippen MR) is 75.0 cm³/mol. The van der Waals surface area contributed by atoms with Crippen molar-refractivity contribution in [1.29, 1.82) is 0 Å². The standard InChI is InChI=1S/C15H18O2S/c1-17-15(7-3-8-15)10-13(16)12-5-2-4-11-6-9-18-14(11)12/h2,4-6,9,13,16H,3,7-8,10H2,1H3. The molecule has 0 saturated heterocycles. The van der Waals surface area contributed by atoms with E-state index < -0.39 is 6.10 Å². The first-order valence-electron chi connectivity index (χ1n) is 6.43. The molecule has 1 aliphatic carbocycles. The van der Waals surface area contributed by atoms with Gasteiger partial charge in [0.2, 0.25) is 0 Å². The van der Waals surface area contributed by atoms with Crippen LogP contribution in [-0.2, 0) is 4.74 Å². The number of ether oxygens (including phenoxy) is 1. The molecule has 0 radical (unpaired) electrons. The third kappa shape index (κ3) is 1.96. The summed E-state index contributed by atoms with van der Waals surface area (Å²) >= 11 is 1.70. The minimum absolute atomic E-state index is 0.0845. The van der Waals surface area contributed by atoms with Crippen LogP contribution < -0.4 is 0 Å². The molecule has 1 atom stereocenters. The van der Waals surface area contributed by atoms with Gasteiger partial charge in [-0.2, -0.15) is 0 Å². The maximum Gasteiger partial charge on any atom is 0.0831 e. The van der Waals surface area contributed by atoms with Crippen LogP contribution in [-0.4, -0.2) is 17.8 Å². The molecule has 1 aromatic carbocycles. The summed E-state index contributed by atoms with van der Waals surface area (Å²) in [6.45, 7) is 0. The molecular formula is C15H18O2S. The van der Waals surface area contributed by atoms with Crippen molar-refractivity contribution in [3.63, 3.8) is 0 Å². The third-order valence-electron chi connectivity index (χ3n) is 4.13. The molecule has 1 aromatic heterocycles. The van der Waals surface area contributed by atoms with E-state index >= 15 is 0 Å². The Labute approximate surface area is 111 Å². The molecule has 1 unspecified atom stereocenters. The number of benzene rings is 1. The average molecular weight is 262 g/mol. The van der Waals surface area contributed by atoms with Crippen molar-refractivity contribution < 1.29 is 9.84 Å². The van der Waals surface area contributed by atoms with Crippen molar-refractivity contribution >= 4 is 21.4 Å². The number of hydrogen-bond donors (Lipinski definition) is 1. The van der Waals surface area contributed by atoms with Crippen molar-refractivity contribution in [1.82, 2.24) is 0 Å². The highest BCUT2D eigenvalue weighted by Gasteiger charge is 2.39. The summed E-state index contributed by atoms with van der Waals surface area (Å²) in [5, 5.41) is 13.8. The van der Waals surface area contributed by atoms with Crippen LogP contribution in [0.1, 0.15) is 37.4 Å². The maximum atomic E-state index is 10.5. The minimum atomic E-state index is -0.424. The van der Waals surface area contributed by atoms with Gasteiger partial charge < -0.3 is 9.84 Å². The van der Waals surface area contributed by atoms with Gasteiger partial charge >= 0.3 is 0 Å². The molecule has 1 aliphatic rings. The molecule has 96 valence electrons. The summed E-state index contributed by atoms with van der Waals surface area (Å²) in [6, 6.07) is 8.25. The SMILES string of the molecule is COC1(CC(O)c2cccc3ccsc23)CCC1. The van der Waals surface area contributed by atoms with Crippen LogP contribution in [0.25, 0.3) is 10.1 Å². The summed E-state index contributed by atoms with van der Waals surface area (Å²) < 4.78 is 6.81. The summed E-state index contributed by atoms with van der Waals surface area (Å²) in [5.41, 5.74) is 0.963. The molecule has 1 fully saturated rings. The molecule has 3 rings (SSSR count). The molecule has 0 spiro atoms. The fraction of sp³-hybridized carbons (Fsp3) is 0.467. The fourth-order valence-electron chi connectivity index (χ4n) is 2.80. The molecule has 3 heteroatoms. The van der Waals surface area contributed by atoms with Crippen molar-refractivity contribution in [3.8, 4) is 0 Å². The van der Waals surface area contributed by atoms with Crippen LogP contribution in [0, 0.1) is 0 Å². The van der Waals surface area contributed by atoms with Crippen LogP contribution in [0.15, 0.2) is 29.6 Å². The Bertz CT molecular complexity index is 537. The highest BCUT2D eigenvalue weighted by atomic mass is 32.1. The molecular weight excluding hydrogens is 244 g/mol. The first-order valence-corrected chi connectivity index (χ1v) is 7.31. The van der Waals surface area contributed by atoms with Gasteiger partial charge in [0.25, 0.3) is 0 Å². The second-order valence-corrected chi connectivity index (χ2v) is 6.06. The number of aliphatic hydroxyl groups is 1. The van der Waals surface area contributed by atoms with Crippen molar-refractivity contribution in [3.05, 3.63) is 35.2 Å². The zero-order valence-corrected chi connectivity index (χ0v) is 11.4. The van der Waals surface area contributed by atoms with Gasteiger partial charge in [-0.3, -0.25) is 0 Å². The van der Waals surface area contributed by atoms with Crippen LogP contribution in [0.4, 0.5) is 0 Å². The smallest absolute Gasteiger partial charge is 0.0831 e. The first kappa shape index (κ1) is 12.2. The average Bonchev–Trinajstić information content (AvgIpc) is 2.81. The lowest BCUT2D eigenvalue weighted by Gasteiger charge is -2.42. The van der Waals surface area contributed by atoms with E-state index in [9.17, 15) is 5.11 Å². The lowest BCUT2D eigenvalue weighted by atomic mass is 9.75. The fourth-order valence-corrected chi connectivity index (χ4v) is 3.77. The lowest BCUT2D eigenvalue weighted by Crippen LogP contribution is -2.40. The second-order valence-electron chi connectivity index (χ2n) is 5.15. The molecule has 2 nitrogen and oxygen atoms in total. The summed E-state index contributed by atoms with van der Waals surface area (Å²) in [5.74, 6) is 0. The molecule has 0 aliphatic heterocycles. The Hall–Kier alpha value is -0.900. The lowest BCUT2D eigenvalue weighted by molar-refractivity contribution is -0.0997. The van der Waals surface area contributed by atoms with Gasteiger partial charge in [0.05, 0.1) is 11.7 Å². The van der Waals surface area contributed by atoms with Crippen molar-refractivity contribution in [2.75, 3.05) is 7.11 Å². The molecule has 0 amide bonds. The van der Waals surface area contributed by atoms with Gasteiger partial charge in [0.1, 0.15) is 0 Å². The molecule has 1 heterocycles. The number of thiophene rings is 1. The summed E-state index contributed by atoms with van der Waals surface area (Å²) in [4.78, 5) is 0. The molecule has 2 aromatic rings. The zero-order chi connectivity index (χ0) is 12.6. The van der Waals surface area contributed by atoms with Crippen LogP contribution in [0.2, 0.25) is 0 Å². The largest absolute Gasteiger partial charge is 0.388 e. The minimum Gasteiger partial charge on any atom is -0.388 e. The van der Waals surface area contributed by atoms with E-state index in [1.807, 2.05) is 12.1 Å². The summed E-state index contributed by atoms with van der Waals surface area (Å²) in [6.07, 6.45) is 3.64. The van der Waals surface area contributed by atoms with Gasteiger partial charge in [-0.25, -0.2) is 0 Å². The highest BCUT2D eigenvalue weighted by Crippen LogP contribution is 2.43. The van der Waals surface area contributed by atoms with Gasteiger partial charge in [-0.05, 0) is 41.7 Å². The van der Waals surface area contributed by atoms with E-state index in [-0.39, 0.29) is 5.60 Å². The van der Waals surface area contributed by atoms with E-state index in [1.54, 1.807) is 18.4 Å². The normalized spacial score (nSPS) is 19.7. The molecule has 1 N–H and O–H groups in total. The second kappa shape index (κ2) is 4.65. The number of rotatable bonds is 4. The Morgan fingerprint density at radius 1 is 1.39 bits per heavy atom. The van der Waals surface area contributed by atoms with E-state index in [1.165, 1.54) is 16.5 Å². The van der Waals surface area contributed by atoms with E-state index in [0.717, 1.165) is 18.4 Å². The third-order valence-corrected chi connectivity index (χ3v) is 5.11. The Morgan fingerprint density at radius 2 is 2.22 bits per heavy atom. The molecule has 0 bridgehead atoms. The van der Waals surface area contributed by atoms with Gasteiger partial charge in [0, 0.05) is 18.2 Å². The Balaban J connectivity index is 1.87. The molecule has 1 saturated carbocycles. The first-order chi connectivity index (χ1) is 8.74. The summed E-state index contributed by atoms with van der Waals surface area (Å²) in [7, 11) is 1.76. The topological polar surface area (TPSA) is 29.5 Å². The Morgan fingerprint density at radius 3 is 2.89 bits per heavy atom. The van der Waals surface area contributed by atoms with Gasteiger partial charge in [-0.1, -0.05) is 18.2 Å². The predicted octanol–water partition coefficient (Wildman–Crippen LogP) is 3.89. The van der Waals surface area contributed by atoms with Crippen LogP contribution >= 0.6 is 11.3 Å². The number of aliphatic hydroxyl groups excluding tert-OH is 1. The van der Waals surface area contributed by atoms with Crippen molar-refractivity contribution in [2.24, 2.45) is 0 Å². The highest BCUT2D eigenvalue weighted by molar-refractivity contribution is 7.17. The van der Waals surface area contributed by atoms with Gasteiger partial charge in [-0.15, -0.1) is 11.3 Å². The van der Waals surface area contributed by atoms with Gasteiger partial charge in [0.15, 0.2) is 0 Å². The van der Waals surface area contributed by atoms with Crippen LogP contribution in [0.3, 0.4) is 0 Å². The van der Waals surface area contributed by atoms with Crippen LogP contribution in [0.5, 0.6) is 0 Å². The monoisotopic (exact) mass is 262 g/mol. The van der Waals surface area contributed by atoms with E-state index in [2.05, 4.69) is 17.5 Å². The number of hydrogen-bond acceptors (Lipinski definition) is 3. The quantitative estimate of drug-likeness (QED) is 0.905. The van der Waals surface area contributed by atoms with E-state index in [0.29, 0.717) is 6.42 Å². The van der Waals surface area contributed by atoms with E-state index in [4.69, 9.17) is 4.74 Å². The zero-order valence-electron chi connectivity index (χ0n) is 10.6. The Kier molecular flexibility index (Phi) is 3.14. The number of fused-ring (bicyclic) bond motifs is 1. The maximum absolute atomic E-state index is 10.5.